The summed E-state index contributed by atoms with van der Waals surface area (Å²) >= 11 is 0. The molecule has 2 rings (SSSR count). The first-order valence-corrected chi connectivity index (χ1v) is 6.12. The molecule has 2 aromatic rings. The minimum absolute atomic E-state index is 0.113. The molecule has 0 spiro atoms. The molecule has 2 N–H and O–H groups in total. The molecular weight excluding hydrogens is 298 g/mol. The second-order valence-electron chi connectivity index (χ2n) is 4.14. The van der Waals surface area contributed by atoms with Crippen LogP contribution in [-0.4, -0.2) is 24.6 Å². The summed E-state index contributed by atoms with van der Waals surface area (Å²) in [6.45, 7) is -3.01. The third kappa shape index (κ3) is 3.81. The number of carbonyl (C=O) groups is 1. The lowest BCUT2D eigenvalue weighted by Crippen LogP contribution is -2.14. The van der Waals surface area contributed by atoms with Crippen molar-refractivity contribution in [2.75, 3.05) is 12.4 Å². The molecule has 0 radical (unpaired) electrons. The highest BCUT2D eigenvalue weighted by Gasteiger charge is 2.13. The monoisotopic (exact) mass is 310 g/mol. The van der Waals surface area contributed by atoms with Crippen LogP contribution in [-0.2, 0) is 0 Å². The van der Waals surface area contributed by atoms with Crippen LogP contribution in [0.15, 0.2) is 41.3 Å². The summed E-state index contributed by atoms with van der Waals surface area (Å²) in [6.07, 6.45) is 1.25. The molecular formula is C14H12F2N2O4. The molecule has 0 saturated carbocycles. The summed E-state index contributed by atoms with van der Waals surface area (Å²) in [5, 5.41) is 2.50. The number of anilines is 1. The Balaban J connectivity index is 2.20. The van der Waals surface area contributed by atoms with Gasteiger partial charge in [0, 0.05) is 24.0 Å². The van der Waals surface area contributed by atoms with Gasteiger partial charge in [0.05, 0.1) is 12.7 Å². The zero-order chi connectivity index (χ0) is 16.1. The van der Waals surface area contributed by atoms with Gasteiger partial charge in [-0.3, -0.25) is 9.59 Å². The first kappa shape index (κ1) is 15.5. The number of H-pyrrole nitrogens is 1. The molecule has 0 aliphatic heterocycles. The number of rotatable bonds is 5. The highest BCUT2D eigenvalue weighted by atomic mass is 19.3. The standard InChI is InChI=1S/C14H12F2N2O4/c1-21-10-4-3-9(6-11(10)22-14(15)16)18-13(20)8-2-5-12(19)17-7-8/h2-7,14H,1H3,(H,17,19)(H,18,20). The number of nitrogens with one attached hydrogen (secondary N) is 2. The van der Waals surface area contributed by atoms with E-state index in [0.29, 0.717) is 0 Å². The van der Waals surface area contributed by atoms with E-state index in [1.54, 1.807) is 0 Å². The first-order valence-electron chi connectivity index (χ1n) is 6.12. The van der Waals surface area contributed by atoms with E-state index in [1.807, 2.05) is 0 Å². The third-order valence-corrected chi connectivity index (χ3v) is 2.68. The van der Waals surface area contributed by atoms with Gasteiger partial charge >= 0.3 is 6.61 Å². The van der Waals surface area contributed by atoms with Gasteiger partial charge in [0.1, 0.15) is 0 Å². The lowest BCUT2D eigenvalue weighted by atomic mass is 10.2. The van der Waals surface area contributed by atoms with Crippen LogP contribution in [0.2, 0.25) is 0 Å². The molecule has 0 unspecified atom stereocenters. The Morgan fingerprint density at radius 1 is 1.23 bits per heavy atom. The average molecular weight is 310 g/mol. The van der Waals surface area contributed by atoms with Crippen molar-refractivity contribution in [1.82, 2.24) is 4.98 Å². The van der Waals surface area contributed by atoms with Gasteiger partial charge in [-0.1, -0.05) is 0 Å². The van der Waals surface area contributed by atoms with E-state index in [0.717, 1.165) is 0 Å². The summed E-state index contributed by atoms with van der Waals surface area (Å²) in [7, 11) is 1.31. The maximum absolute atomic E-state index is 12.3. The van der Waals surface area contributed by atoms with Gasteiger partial charge in [-0.05, 0) is 18.2 Å². The van der Waals surface area contributed by atoms with E-state index < -0.39 is 12.5 Å². The molecule has 0 bridgehead atoms. The van der Waals surface area contributed by atoms with Crippen molar-refractivity contribution in [2.24, 2.45) is 0 Å². The van der Waals surface area contributed by atoms with Crippen molar-refractivity contribution in [1.29, 1.82) is 0 Å². The number of carbonyl (C=O) groups excluding carboxylic acids is 1. The number of methoxy groups -OCH3 is 1. The fourth-order valence-electron chi connectivity index (χ4n) is 1.70. The molecule has 1 aromatic carbocycles. The van der Waals surface area contributed by atoms with Gasteiger partial charge in [0.25, 0.3) is 5.91 Å². The average Bonchev–Trinajstić information content (AvgIpc) is 2.47. The largest absolute Gasteiger partial charge is 0.493 e. The number of alkyl halides is 2. The Morgan fingerprint density at radius 2 is 2.00 bits per heavy atom. The van der Waals surface area contributed by atoms with Gasteiger partial charge in [0.15, 0.2) is 11.5 Å². The molecule has 1 amide bonds. The molecule has 8 heteroatoms. The summed E-state index contributed by atoms with van der Waals surface area (Å²) in [6, 6.07) is 6.62. The fourth-order valence-corrected chi connectivity index (χ4v) is 1.70. The molecule has 0 aliphatic rings. The van der Waals surface area contributed by atoms with E-state index in [9.17, 15) is 18.4 Å². The Bertz CT molecular complexity index is 711. The van der Waals surface area contributed by atoms with E-state index in [-0.39, 0.29) is 28.3 Å². The summed E-state index contributed by atoms with van der Waals surface area (Å²) in [5.74, 6) is -0.594. The van der Waals surface area contributed by atoms with E-state index >= 15 is 0 Å². The van der Waals surface area contributed by atoms with Crippen LogP contribution >= 0.6 is 0 Å². The number of amides is 1. The molecule has 6 nitrogen and oxygen atoms in total. The molecule has 0 saturated heterocycles. The number of aromatic amines is 1. The van der Waals surface area contributed by atoms with Gasteiger partial charge < -0.3 is 19.8 Å². The van der Waals surface area contributed by atoms with Crippen molar-refractivity contribution in [3.63, 3.8) is 0 Å². The van der Waals surface area contributed by atoms with Crippen LogP contribution < -0.4 is 20.3 Å². The predicted molar refractivity (Wildman–Crippen MR) is 74.6 cm³/mol. The zero-order valence-electron chi connectivity index (χ0n) is 11.4. The first-order chi connectivity index (χ1) is 10.5. The van der Waals surface area contributed by atoms with E-state index in [4.69, 9.17) is 4.74 Å². The van der Waals surface area contributed by atoms with Gasteiger partial charge in [-0.25, -0.2) is 0 Å². The number of hydrogen-bond acceptors (Lipinski definition) is 4. The Morgan fingerprint density at radius 3 is 2.59 bits per heavy atom. The van der Waals surface area contributed by atoms with Crippen molar-refractivity contribution in [3.05, 3.63) is 52.4 Å². The molecule has 0 atom stereocenters. The number of aromatic nitrogens is 1. The quantitative estimate of drug-likeness (QED) is 0.887. The SMILES string of the molecule is COc1ccc(NC(=O)c2ccc(=O)[nH]c2)cc1OC(F)F. The number of pyridine rings is 1. The summed E-state index contributed by atoms with van der Waals surface area (Å²) < 4.78 is 33.9. The Kier molecular flexibility index (Phi) is 4.72. The molecule has 0 aliphatic carbocycles. The zero-order valence-corrected chi connectivity index (χ0v) is 11.4. The molecule has 0 fully saturated rings. The maximum Gasteiger partial charge on any atom is 0.387 e. The van der Waals surface area contributed by atoms with Gasteiger partial charge in [-0.2, -0.15) is 8.78 Å². The van der Waals surface area contributed by atoms with Crippen LogP contribution in [0.4, 0.5) is 14.5 Å². The lowest BCUT2D eigenvalue weighted by Gasteiger charge is -2.12. The number of ether oxygens (including phenoxy) is 2. The predicted octanol–water partition coefficient (Wildman–Crippen LogP) is 2.24. The lowest BCUT2D eigenvalue weighted by molar-refractivity contribution is -0.0511. The van der Waals surface area contributed by atoms with Crippen molar-refractivity contribution in [2.45, 2.75) is 6.61 Å². The van der Waals surface area contributed by atoms with Gasteiger partial charge in [-0.15, -0.1) is 0 Å². The second-order valence-corrected chi connectivity index (χ2v) is 4.14. The second kappa shape index (κ2) is 6.70. The molecule has 1 heterocycles. The van der Waals surface area contributed by atoms with Crippen LogP contribution in [0.5, 0.6) is 11.5 Å². The Hall–Kier alpha value is -2.90. The number of benzene rings is 1. The minimum atomic E-state index is -3.01. The summed E-state index contributed by atoms with van der Waals surface area (Å²) in [4.78, 5) is 25.3. The third-order valence-electron chi connectivity index (χ3n) is 2.68. The van der Waals surface area contributed by atoms with Crippen molar-refractivity contribution >= 4 is 11.6 Å². The van der Waals surface area contributed by atoms with Crippen LogP contribution in [0.3, 0.4) is 0 Å². The van der Waals surface area contributed by atoms with E-state index in [1.165, 1.54) is 43.6 Å². The Labute approximate surface area is 123 Å². The fraction of sp³-hybridized carbons (Fsp3) is 0.143. The highest BCUT2D eigenvalue weighted by Crippen LogP contribution is 2.31. The topological polar surface area (TPSA) is 80.4 Å². The van der Waals surface area contributed by atoms with Crippen LogP contribution in [0, 0.1) is 0 Å². The van der Waals surface area contributed by atoms with E-state index in [2.05, 4.69) is 15.0 Å². The molecule has 22 heavy (non-hydrogen) atoms. The number of hydrogen-bond donors (Lipinski definition) is 2. The van der Waals surface area contributed by atoms with Crippen molar-refractivity contribution < 1.29 is 23.0 Å². The van der Waals surface area contributed by atoms with Crippen LogP contribution in [0.1, 0.15) is 10.4 Å². The van der Waals surface area contributed by atoms with Crippen LogP contribution in [0.25, 0.3) is 0 Å². The maximum atomic E-state index is 12.3. The molecule has 116 valence electrons. The smallest absolute Gasteiger partial charge is 0.387 e. The highest BCUT2D eigenvalue weighted by molar-refractivity contribution is 6.04. The normalized spacial score (nSPS) is 10.4. The van der Waals surface area contributed by atoms with Crippen molar-refractivity contribution in [3.8, 4) is 11.5 Å². The summed E-state index contributed by atoms with van der Waals surface area (Å²) in [5.41, 5.74) is 0.119. The minimum Gasteiger partial charge on any atom is -0.493 e. The molecule has 1 aromatic heterocycles. The number of halogens is 2. The van der Waals surface area contributed by atoms with Gasteiger partial charge in [0.2, 0.25) is 5.56 Å².